The number of rotatable bonds is 4. The second-order valence-corrected chi connectivity index (χ2v) is 11.5. The second kappa shape index (κ2) is 7.64. The standard InChI is InChI=1S/C25H35ClO6/c1-5-21(31)32-25(20(30)13-27)14(2)10-18-17-7-6-15-11-16(28)8-9-22(15,3)24(17,26)19(29)12-23(18,25)4/h11,14,17-19,27,29H,5-10,12-13H2,1-4H3/t14-,17-,18-,19-,22-,23-,24-,25-/m0/s1. The van der Waals surface area contributed by atoms with E-state index in [-0.39, 0.29) is 36.4 Å². The average Bonchev–Trinajstić information content (AvgIpc) is 2.96. The second-order valence-electron chi connectivity index (χ2n) is 10.9. The molecule has 4 aliphatic carbocycles. The first-order valence-electron chi connectivity index (χ1n) is 11.9. The molecule has 2 N–H and O–H groups in total. The summed E-state index contributed by atoms with van der Waals surface area (Å²) in [6, 6.07) is 0. The summed E-state index contributed by atoms with van der Waals surface area (Å²) in [7, 11) is 0. The zero-order chi connectivity index (χ0) is 23.7. The van der Waals surface area contributed by atoms with E-state index in [1.165, 1.54) is 0 Å². The van der Waals surface area contributed by atoms with Crippen LogP contribution in [0.15, 0.2) is 11.6 Å². The van der Waals surface area contributed by atoms with E-state index in [1.807, 2.05) is 13.8 Å². The Balaban J connectivity index is 1.84. The summed E-state index contributed by atoms with van der Waals surface area (Å²) < 4.78 is 5.93. The van der Waals surface area contributed by atoms with Crippen molar-refractivity contribution < 1.29 is 29.3 Å². The summed E-state index contributed by atoms with van der Waals surface area (Å²) in [6.45, 7) is 6.85. The molecule has 7 heteroatoms. The number of carbonyl (C=O) groups is 3. The van der Waals surface area contributed by atoms with E-state index in [4.69, 9.17) is 16.3 Å². The molecule has 0 bridgehead atoms. The molecule has 0 aliphatic heterocycles. The van der Waals surface area contributed by atoms with Crippen LogP contribution in [0.1, 0.15) is 72.6 Å². The number of ether oxygens (including phenoxy) is 1. The highest BCUT2D eigenvalue weighted by molar-refractivity contribution is 6.26. The largest absolute Gasteiger partial charge is 0.450 e. The highest BCUT2D eigenvalue weighted by atomic mass is 35.5. The Morgan fingerprint density at radius 1 is 1.25 bits per heavy atom. The quantitative estimate of drug-likeness (QED) is 0.486. The van der Waals surface area contributed by atoms with E-state index < -0.39 is 45.8 Å². The van der Waals surface area contributed by atoms with E-state index in [0.29, 0.717) is 25.7 Å². The zero-order valence-corrected chi connectivity index (χ0v) is 20.2. The summed E-state index contributed by atoms with van der Waals surface area (Å²) in [5, 5.41) is 21.5. The molecule has 4 aliphatic rings. The topological polar surface area (TPSA) is 101 Å². The van der Waals surface area contributed by atoms with E-state index in [2.05, 4.69) is 6.92 Å². The van der Waals surface area contributed by atoms with Gasteiger partial charge in [0.2, 0.25) is 5.78 Å². The Morgan fingerprint density at radius 3 is 2.56 bits per heavy atom. The van der Waals surface area contributed by atoms with Gasteiger partial charge < -0.3 is 14.9 Å². The van der Waals surface area contributed by atoms with Crippen molar-refractivity contribution in [2.75, 3.05) is 6.61 Å². The number of aliphatic hydroxyl groups excluding tert-OH is 2. The molecule has 178 valence electrons. The van der Waals surface area contributed by atoms with Gasteiger partial charge in [-0.3, -0.25) is 14.4 Å². The number of alkyl halides is 1. The minimum absolute atomic E-state index is 0.0606. The van der Waals surface area contributed by atoms with Gasteiger partial charge in [0.25, 0.3) is 0 Å². The summed E-state index contributed by atoms with van der Waals surface area (Å²) >= 11 is 7.46. The molecule has 0 amide bonds. The first-order valence-corrected chi connectivity index (χ1v) is 12.3. The summed E-state index contributed by atoms with van der Waals surface area (Å²) in [5.74, 6) is -1.35. The average molecular weight is 467 g/mol. The maximum atomic E-state index is 13.2. The van der Waals surface area contributed by atoms with Crippen LogP contribution >= 0.6 is 11.6 Å². The van der Waals surface area contributed by atoms with Crippen LogP contribution < -0.4 is 0 Å². The molecule has 0 aromatic heterocycles. The monoisotopic (exact) mass is 466 g/mol. The van der Waals surface area contributed by atoms with Gasteiger partial charge in [0, 0.05) is 29.6 Å². The molecule has 8 atom stereocenters. The molecule has 0 radical (unpaired) electrons. The predicted octanol–water partition coefficient (Wildman–Crippen LogP) is 3.35. The van der Waals surface area contributed by atoms with Crippen molar-refractivity contribution in [2.24, 2.45) is 28.6 Å². The Morgan fingerprint density at radius 2 is 1.94 bits per heavy atom. The van der Waals surface area contributed by atoms with Gasteiger partial charge in [-0.1, -0.05) is 33.3 Å². The van der Waals surface area contributed by atoms with Crippen LogP contribution in [0, 0.1) is 28.6 Å². The third-order valence-corrected chi connectivity index (χ3v) is 10.7. The van der Waals surface area contributed by atoms with Gasteiger partial charge in [-0.15, -0.1) is 11.6 Å². The molecule has 4 rings (SSSR count). The fraction of sp³-hybridized carbons (Fsp3) is 0.800. The lowest BCUT2D eigenvalue weighted by atomic mass is 9.44. The fourth-order valence-electron chi connectivity index (χ4n) is 8.13. The van der Waals surface area contributed by atoms with Gasteiger partial charge in [0.1, 0.15) is 6.61 Å². The predicted molar refractivity (Wildman–Crippen MR) is 119 cm³/mol. The maximum absolute atomic E-state index is 13.2. The van der Waals surface area contributed by atoms with Crippen molar-refractivity contribution in [3.63, 3.8) is 0 Å². The molecular formula is C25H35ClO6. The zero-order valence-electron chi connectivity index (χ0n) is 19.4. The summed E-state index contributed by atoms with van der Waals surface area (Å²) in [4.78, 5) is 36.9. The minimum Gasteiger partial charge on any atom is -0.450 e. The molecule has 0 heterocycles. The van der Waals surface area contributed by atoms with Gasteiger partial charge in [-0.25, -0.2) is 0 Å². The molecule has 3 saturated carbocycles. The van der Waals surface area contributed by atoms with Gasteiger partial charge in [0.05, 0.1) is 11.0 Å². The Labute approximate surface area is 194 Å². The lowest BCUT2D eigenvalue weighted by Crippen LogP contribution is -2.70. The maximum Gasteiger partial charge on any atom is 0.306 e. The van der Waals surface area contributed by atoms with Crippen LogP contribution in [-0.2, 0) is 19.1 Å². The minimum atomic E-state index is -1.49. The molecule has 0 unspecified atom stereocenters. The van der Waals surface area contributed by atoms with Crippen molar-refractivity contribution in [3.05, 3.63) is 11.6 Å². The molecular weight excluding hydrogens is 432 g/mol. The van der Waals surface area contributed by atoms with Gasteiger partial charge in [0.15, 0.2) is 11.4 Å². The number of carbonyl (C=O) groups excluding carboxylic acids is 3. The van der Waals surface area contributed by atoms with Crippen molar-refractivity contribution >= 4 is 29.1 Å². The van der Waals surface area contributed by atoms with E-state index in [0.717, 1.165) is 12.0 Å². The van der Waals surface area contributed by atoms with Crippen LogP contribution in [0.3, 0.4) is 0 Å². The van der Waals surface area contributed by atoms with E-state index in [1.54, 1.807) is 13.0 Å². The number of fused-ring (bicyclic) bond motifs is 5. The number of Topliss-reactive ketones (excluding diaryl/α,β-unsaturated/α-hetero) is 1. The van der Waals surface area contributed by atoms with E-state index >= 15 is 0 Å². The molecule has 6 nitrogen and oxygen atoms in total. The highest BCUT2D eigenvalue weighted by Crippen LogP contribution is 2.72. The fourth-order valence-corrected chi connectivity index (χ4v) is 8.68. The molecule has 0 spiro atoms. The van der Waals surface area contributed by atoms with E-state index in [9.17, 15) is 24.6 Å². The first kappa shape index (κ1) is 23.9. The van der Waals surface area contributed by atoms with Gasteiger partial charge in [-0.2, -0.15) is 0 Å². The molecule has 3 fully saturated rings. The van der Waals surface area contributed by atoms with Gasteiger partial charge >= 0.3 is 5.97 Å². The van der Waals surface area contributed by atoms with Crippen molar-refractivity contribution in [2.45, 2.75) is 89.2 Å². The Hall–Kier alpha value is -1.24. The number of halogens is 1. The van der Waals surface area contributed by atoms with Crippen molar-refractivity contribution in [1.82, 2.24) is 0 Å². The molecule has 0 aromatic carbocycles. The Bertz CT molecular complexity index is 884. The number of ketones is 2. The lowest BCUT2D eigenvalue weighted by Gasteiger charge is -2.65. The summed E-state index contributed by atoms with van der Waals surface area (Å²) in [5.41, 5.74) is -1.83. The van der Waals surface area contributed by atoms with Crippen LogP contribution in [0.5, 0.6) is 0 Å². The number of hydrogen-bond donors (Lipinski definition) is 2. The lowest BCUT2D eigenvalue weighted by molar-refractivity contribution is -0.204. The number of allylic oxidation sites excluding steroid dienone is 1. The molecule has 0 saturated heterocycles. The molecule has 0 aromatic rings. The van der Waals surface area contributed by atoms with Crippen molar-refractivity contribution in [1.29, 1.82) is 0 Å². The highest BCUT2D eigenvalue weighted by Gasteiger charge is 2.76. The third-order valence-electron chi connectivity index (χ3n) is 9.70. The number of aliphatic hydroxyl groups is 2. The smallest absolute Gasteiger partial charge is 0.306 e. The SMILES string of the molecule is CCC(=O)O[C@]1(C(=O)CO)[C@@H](C)C[C@H]2[C@@H]3CCC4=CC(=O)CC[C@]4(C)[C@@]3(Cl)[C@@H](O)C[C@@]21C. The van der Waals surface area contributed by atoms with Gasteiger partial charge in [-0.05, 0) is 50.0 Å². The Kier molecular flexibility index (Phi) is 5.71. The van der Waals surface area contributed by atoms with Crippen LogP contribution in [-0.4, -0.2) is 50.9 Å². The summed E-state index contributed by atoms with van der Waals surface area (Å²) in [6.07, 6.45) is 4.16. The normalized spacial score (nSPS) is 47.7. The number of esters is 1. The van der Waals surface area contributed by atoms with Crippen LogP contribution in [0.25, 0.3) is 0 Å². The number of hydrogen-bond acceptors (Lipinski definition) is 6. The third kappa shape index (κ3) is 2.75. The van der Waals surface area contributed by atoms with Crippen molar-refractivity contribution in [3.8, 4) is 0 Å². The van der Waals surface area contributed by atoms with Crippen LogP contribution in [0.2, 0.25) is 0 Å². The molecule has 32 heavy (non-hydrogen) atoms. The van der Waals surface area contributed by atoms with Crippen LogP contribution in [0.4, 0.5) is 0 Å². The first-order chi connectivity index (χ1) is 14.9.